The molecular weight excluding hydrogens is 408 g/mol. The average Bonchev–Trinajstić information content (AvgIpc) is 1.98. The molecule has 0 unspecified atom stereocenters. The lowest BCUT2D eigenvalue weighted by Gasteiger charge is -2.08. The normalized spacial score (nSPS) is 10.5. The van der Waals surface area contributed by atoms with E-state index in [1.54, 1.807) is 22.6 Å². The lowest BCUT2D eigenvalue weighted by atomic mass is 10.3. The molecule has 1 N–H and O–H groups in total. The van der Waals surface area contributed by atoms with E-state index < -0.39 is 6.61 Å². The number of aromatic hydroxyl groups is 1. The number of alkyl halides is 2. The molecule has 0 spiro atoms. The van der Waals surface area contributed by atoms with Crippen LogP contribution in [0.2, 0.25) is 0 Å². The second kappa shape index (κ2) is 4.58. The van der Waals surface area contributed by atoms with E-state index in [9.17, 15) is 13.9 Å². The Labute approximate surface area is 101 Å². The van der Waals surface area contributed by atoms with Crippen LogP contribution in [0, 0.1) is 7.14 Å². The number of rotatable bonds is 2. The summed E-state index contributed by atoms with van der Waals surface area (Å²) >= 11 is 3.65. The predicted octanol–water partition coefficient (Wildman–Crippen LogP) is 3.20. The third-order valence-electron chi connectivity index (χ3n) is 1.20. The van der Waals surface area contributed by atoms with E-state index in [0.717, 1.165) is 0 Å². The van der Waals surface area contributed by atoms with Crippen molar-refractivity contribution in [2.45, 2.75) is 6.61 Å². The van der Waals surface area contributed by atoms with Crippen LogP contribution in [-0.4, -0.2) is 11.7 Å². The highest BCUT2D eigenvalue weighted by molar-refractivity contribution is 14.1. The lowest BCUT2D eigenvalue weighted by Crippen LogP contribution is -2.03. The molecule has 0 aliphatic rings. The summed E-state index contributed by atoms with van der Waals surface area (Å²) in [6.07, 6.45) is 0. The number of halogens is 4. The second-order valence-electron chi connectivity index (χ2n) is 2.12. The maximum Gasteiger partial charge on any atom is 0.387 e. The number of phenolic OH excluding ortho intramolecular Hbond substituents is 1. The Balaban J connectivity index is 3.05. The van der Waals surface area contributed by atoms with Crippen molar-refractivity contribution < 1.29 is 18.6 Å². The molecular formula is C7H4F2I2O2. The van der Waals surface area contributed by atoms with Crippen LogP contribution >= 0.6 is 45.2 Å². The maximum absolute atomic E-state index is 11.9. The second-order valence-corrected chi connectivity index (χ2v) is 4.44. The van der Waals surface area contributed by atoms with E-state index in [2.05, 4.69) is 4.74 Å². The molecule has 0 aromatic heterocycles. The molecule has 0 bridgehead atoms. The quantitative estimate of drug-likeness (QED) is 0.757. The third-order valence-corrected chi connectivity index (χ3v) is 2.91. The van der Waals surface area contributed by atoms with E-state index in [1.165, 1.54) is 12.1 Å². The fourth-order valence-corrected chi connectivity index (χ4v) is 1.75. The van der Waals surface area contributed by atoms with Crippen LogP contribution in [0.5, 0.6) is 11.5 Å². The summed E-state index contributed by atoms with van der Waals surface area (Å²) in [5.41, 5.74) is 0. The molecule has 1 aromatic carbocycles. The number of hydrogen-bond acceptors (Lipinski definition) is 2. The first-order valence-electron chi connectivity index (χ1n) is 3.13. The molecule has 0 fully saturated rings. The fraction of sp³-hybridized carbons (Fsp3) is 0.143. The molecule has 1 aromatic rings. The smallest absolute Gasteiger partial charge is 0.387 e. The zero-order valence-corrected chi connectivity index (χ0v) is 10.4. The van der Waals surface area contributed by atoms with Crippen molar-refractivity contribution in [3.05, 3.63) is 19.3 Å². The Bertz CT molecular complexity index is 318. The minimum absolute atomic E-state index is 0.000000000000000222. The van der Waals surface area contributed by atoms with E-state index in [-0.39, 0.29) is 11.5 Å². The molecule has 13 heavy (non-hydrogen) atoms. The van der Waals surface area contributed by atoms with Gasteiger partial charge in [-0.15, -0.1) is 0 Å². The van der Waals surface area contributed by atoms with Gasteiger partial charge in [0.25, 0.3) is 0 Å². The van der Waals surface area contributed by atoms with Crippen molar-refractivity contribution in [3.8, 4) is 11.5 Å². The lowest BCUT2D eigenvalue weighted by molar-refractivity contribution is -0.0505. The van der Waals surface area contributed by atoms with Gasteiger partial charge in [0.1, 0.15) is 11.5 Å². The van der Waals surface area contributed by atoms with E-state index >= 15 is 0 Å². The van der Waals surface area contributed by atoms with Gasteiger partial charge in [0.05, 0.1) is 3.57 Å². The number of phenols is 1. The number of hydrogen-bond donors (Lipinski definition) is 1. The van der Waals surface area contributed by atoms with Crippen LogP contribution in [0.4, 0.5) is 8.78 Å². The highest BCUT2D eigenvalue weighted by Gasteiger charge is 2.12. The predicted molar refractivity (Wildman–Crippen MR) is 60.2 cm³/mol. The maximum atomic E-state index is 11.9. The largest absolute Gasteiger partial charge is 0.507 e. The summed E-state index contributed by atoms with van der Waals surface area (Å²) in [7, 11) is 0. The molecule has 2 nitrogen and oxygen atoms in total. The zero-order chi connectivity index (χ0) is 10.0. The first kappa shape index (κ1) is 11.2. The van der Waals surface area contributed by atoms with Gasteiger partial charge in [-0.1, -0.05) is 0 Å². The summed E-state index contributed by atoms with van der Waals surface area (Å²) < 4.78 is 28.8. The molecule has 0 saturated heterocycles. The average molecular weight is 412 g/mol. The van der Waals surface area contributed by atoms with Crippen LogP contribution in [0.15, 0.2) is 12.1 Å². The molecule has 72 valence electrons. The van der Waals surface area contributed by atoms with Crippen LogP contribution in [-0.2, 0) is 0 Å². The van der Waals surface area contributed by atoms with Gasteiger partial charge in [-0.3, -0.25) is 0 Å². The molecule has 6 heteroatoms. The monoisotopic (exact) mass is 412 g/mol. The summed E-state index contributed by atoms with van der Waals surface area (Å²) in [6, 6.07) is 2.91. The molecule has 0 saturated carbocycles. The Kier molecular flexibility index (Phi) is 3.95. The zero-order valence-electron chi connectivity index (χ0n) is 6.10. The summed E-state index contributed by atoms with van der Waals surface area (Å²) in [4.78, 5) is 0. The summed E-state index contributed by atoms with van der Waals surface area (Å²) in [5, 5.41) is 9.26. The SMILES string of the molecule is Oc1cc(I)cc(OC(F)F)c1I. The van der Waals surface area contributed by atoms with Gasteiger partial charge < -0.3 is 9.84 Å². The molecule has 0 amide bonds. The van der Waals surface area contributed by atoms with Gasteiger partial charge in [0.15, 0.2) is 0 Å². The first-order valence-corrected chi connectivity index (χ1v) is 5.29. The van der Waals surface area contributed by atoms with E-state index in [1.807, 2.05) is 22.6 Å². The Morgan fingerprint density at radius 3 is 2.46 bits per heavy atom. The fourth-order valence-electron chi connectivity index (χ4n) is 0.732. The van der Waals surface area contributed by atoms with Crippen molar-refractivity contribution in [1.29, 1.82) is 0 Å². The summed E-state index contributed by atoms with van der Waals surface area (Å²) in [5.74, 6) is -0.0526. The highest BCUT2D eigenvalue weighted by Crippen LogP contribution is 2.32. The van der Waals surface area contributed by atoms with Gasteiger partial charge in [0.2, 0.25) is 0 Å². The highest BCUT2D eigenvalue weighted by atomic mass is 127. The van der Waals surface area contributed by atoms with Crippen LogP contribution < -0.4 is 4.74 Å². The van der Waals surface area contributed by atoms with E-state index in [4.69, 9.17) is 0 Å². The van der Waals surface area contributed by atoms with Gasteiger partial charge in [-0.25, -0.2) is 0 Å². The van der Waals surface area contributed by atoms with Crippen LogP contribution in [0.1, 0.15) is 0 Å². The van der Waals surface area contributed by atoms with Crippen LogP contribution in [0.25, 0.3) is 0 Å². The summed E-state index contributed by atoms with van der Waals surface area (Å²) in [6.45, 7) is -2.87. The van der Waals surface area contributed by atoms with Crippen LogP contribution in [0.3, 0.4) is 0 Å². The standard InChI is InChI=1S/C7H4F2I2O2/c8-7(9)13-5-2-3(10)1-4(12)6(5)11/h1-2,7,12H. The number of benzene rings is 1. The van der Waals surface area contributed by atoms with Gasteiger partial charge in [-0.2, -0.15) is 8.78 Å². The molecule has 0 radical (unpaired) electrons. The van der Waals surface area contributed by atoms with Crippen molar-refractivity contribution in [2.24, 2.45) is 0 Å². The molecule has 0 heterocycles. The minimum atomic E-state index is -2.87. The Morgan fingerprint density at radius 1 is 1.31 bits per heavy atom. The molecule has 1 rings (SSSR count). The minimum Gasteiger partial charge on any atom is -0.507 e. The van der Waals surface area contributed by atoms with Crippen molar-refractivity contribution in [1.82, 2.24) is 0 Å². The molecule has 0 aliphatic heterocycles. The molecule has 0 aliphatic carbocycles. The van der Waals surface area contributed by atoms with Gasteiger partial charge in [-0.05, 0) is 57.3 Å². The van der Waals surface area contributed by atoms with Crippen molar-refractivity contribution in [2.75, 3.05) is 0 Å². The Morgan fingerprint density at radius 2 is 1.92 bits per heavy atom. The van der Waals surface area contributed by atoms with Crippen molar-refractivity contribution >= 4 is 45.2 Å². The topological polar surface area (TPSA) is 29.5 Å². The van der Waals surface area contributed by atoms with Crippen molar-refractivity contribution in [3.63, 3.8) is 0 Å². The van der Waals surface area contributed by atoms with E-state index in [0.29, 0.717) is 7.14 Å². The van der Waals surface area contributed by atoms with Gasteiger partial charge in [0, 0.05) is 3.57 Å². The number of ether oxygens (including phenoxy) is 1. The first-order chi connectivity index (χ1) is 6.00. The Hall–Kier alpha value is 0.140. The third kappa shape index (κ3) is 3.08. The molecule has 0 atom stereocenters. The van der Waals surface area contributed by atoms with Gasteiger partial charge >= 0.3 is 6.61 Å².